The molecule has 120 valence electrons. The quantitative estimate of drug-likeness (QED) is 0.842. The standard InChI is InChI=1S/C17H22FNO3/c1-17(2,3)22-16(21)19-9-8-15(20)11-14(19)10-12-4-6-13(18)7-5-12/h4-7,14H,8-11H2,1-3H3. The van der Waals surface area contributed by atoms with Crippen molar-refractivity contribution >= 4 is 11.9 Å². The monoisotopic (exact) mass is 307 g/mol. The number of hydrogen-bond acceptors (Lipinski definition) is 3. The highest BCUT2D eigenvalue weighted by molar-refractivity contribution is 5.82. The number of amides is 1. The van der Waals surface area contributed by atoms with Gasteiger partial charge < -0.3 is 9.64 Å². The van der Waals surface area contributed by atoms with Crippen LogP contribution >= 0.6 is 0 Å². The van der Waals surface area contributed by atoms with E-state index in [1.807, 2.05) is 20.8 Å². The van der Waals surface area contributed by atoms with E-state index in [1.54, 1.807) is 17.0 Å². The fourth-order valence-electron chi connectivity index (χ4n) is 2.54. The van der Waals surface area contributed by atoms with E-state index in [1.165, 1.54) is 12.1 Å². The zero-order valence-electron chi connectivity index (χ0n) is 13.3. The van der Waals surface area contributed by atoms with Crippen molar-refractivity contribution in [1.82, 2.24) is 4.90 Å². The second kappa shape index (κ2) is 6.46. The molecule has 0 aliphatic carbocycles. The van der Waals surface area contributed by atoms with Gasteiger partial charge in [0.25, 0.3) is 0 Å². The number of likely N-dealkylation sites (tertiary alicyclic amines) is 1. The van der Waals surface area contributed by atoms with E-state index < -0.39 is 11.7 Å². The van der Waals surface area contributed by atoms with Crippen molar-refractivity contribution in [2.24, 2.45) is 0 Å². The Labute approximate surface area is 130 Å². The van der Waals surface area contributed by atoms with E-state index in [0.717, 1.165) is 5.56 Å². The van der Waals surface area contributed by atoms with Gasteiger partial charge in [-0.1, -0.05) is 12.1 Å². The minimum absolute atomic E-state index is 0.145. The Morgan fingerprint density at radius 1 is 1.32 bits per heavy atom. The molecule has 1 aliphatic rings. The summed E-state index contributed by atoms with van der Waals surface area (Å²) in [5.41, 5.74) is 0.327. The van der Waals surface area contributed by atoms with Crippen LogP contribution in [-0.2, 0) is 16.0 Å². The summed E-state index contributed by atoms with van der Waals surface area (Å²) >= 11 is 0. The summed E-state index contributed by atoms with van der Waals surface area (Å²) in [6.07, 6.45) is 0.799. The van der Waals surface area contributed by atoms with Crippen LogP contribution in [0.3, 0.4) is 0 Å². The first kappa shape index (κ1) is 16.5. The zero-order valence-corrected chi connectivity index (χ0v) is 13.3. The molecule has 0 N–H and O–H groups in total. The molecule has 0 aromatic heterocycles. The molecule has 5 heteroatoms. The van der Waals surface area contributed by atoms with Gasteiger partial charge in [0.2, 0.25) is 0 Å². The number of Topliss-reactive ketones (excluding diaryl/α,β-unsaturated/α-hetero) is 1. The normalized spacial score (nSPS) is 19.2. The van der Waals surface area contributed by atoms with E-state index in [2.05, 4.69) is 0 Å². The lowest BCUT2D eigenvalue weighted by Gasteiger charge is -2.36. The molecule has 0 spiro atoms. The summed E-state index contributed by atoms with van der Waals surface area (Å²) in [5.74, 6) is -0.153. The number of nitrogens with zero attached hydrogens (tertiary/aromatic N) is 1. The van der Waals surface area contributed by atoms with Gasteiger partial charge in [0.1, 0.15) is 17.2 Å². The van der Waals surface area contributed by atoms with Crippen LogP contribution in [0.25, 0.3) is 0 Å². The molecule has 1 aromatic carbocycles. The third-order valence-corrected chi connectivity index (χ3v) is 3.55. The Morgan fingerprint density at radius 3 is 2.55 bits per heavy atom. The third-order valence-electron chi connectivity index (χ3n) is 3.55. The maximum Gasteiger partial charge on any atom is 0.410 e. The largest absolute Gasteiger partial charge is 0.444 e. The molecule has 1 fully saturated rings. The number of hydrogen-bond donors (Lipinski definition) is 0. The number of ketones is 1. The lowest BCUT2D eigenvalue weighted by Crippen LogP contribution is -2.49. The number of carbonyl (C=O) groups excluding carboxylic acids is 2. The minimum Gasteiger partial charge on any atom is -0.444 e. The highest BCUT2D eigenvalue weighted by Crippen LogP contribution is 2.22. The van der Waals surface area contributed by atoms with Crippen molar-refractivity contribution in [1.29, 1.82) is 0 Å². The van der Waals surface area contributed by atoms with Crippen LogP contribution in [0, 0.1) is 5.82 Å². The SMILES string of the molecule is CC(C)(C)OC(=O)N1CCC(=O)CC1Cc1ccc(F)cc1. The van der Waals surface area contributed by atoms with Crippen LogP contribution in [0.4, 0.5) is 9.18 Å². The molecule has 1 aliphatic heterocycles. The lowest BCUT2D eigenvalue weighted by molar-refractivity contribution is -0.122. The molecule has 1 amide bonds. The Bertz CT molecular complexity index is 548. The summed E-state index contributed by atoms with van der Waals surface area (Å²) in [6, 6.07) is 5.90. The summed E-state index contributed by atoms with van der Waals surface area (Å²) < 4.78 is 18.4. The van der Waals surface area contributed by atoms with E-state index in [4.69, 9.17) is 4.74 Å². The van der Waals surface area contributed by atoms with E-state index in [9.17, 15) is 14.0 Å². The second-order valence-corrected chi connectivity index (χ2v) is 6.65. The molecular weight excluding hydrogens is 285 g/mol. The van der Waals surface area contributed by atoms with Crippen LogP contribution in [-0.4, -0.2) is 35.0 Å². The number of carbonyl (C=O) groups is 2. The summed E-state index contributed by atoms with van der Waals surface area (Å²) in [4.78, 5) is 25.7. The number of benzene rings is 1. The van der Waals surface area contributed by atoms with Gasteiger partial charge in [-0.2, -0.15) is 0 Å². The lowest BCUT2D eigenvalue weighted by atomic mass is 9.95. The minimum atomic E-state index is -0.570. The highest BCUT2D eigenvalue weighted by Gasteiger charge is 2.33. The average molecular weight is 307 g/mol. The second-order valence-electron chi connectivity index (χ2n) is 6.65. The van der Waals surface area contributed by atoms with E-state index >= 15 is 0 Å². The average Bonchev–Trinajstić information content (AvgIpc) is 2.39. The summed E-state index contributed by atoms with van der Waals surface area (Å²) in [5, 5.41) is 0. The molecule has 1 atom stereocenters. The molecule has 1 saturated heterocycles. The topological polar surface area (TPSA) is 46.6 Å². The number of halogens is 1. The molecule has 0 bridgehead atoms. The Hall–Kier alpha value is -1.91. The predicted octanol–water partition coefficient (Wildman–Crippen LogP) is 3.34. The van der Waals surface area contributed by atoms with Gasteiger partial charge in [0.15, 0.2) is 0 Å². The zero-order chi connectivity index (χ0) is 16.3. The Balaban J connectivity index is 2.11. The van der Waals surface area contributed by atoms with Crippen molar-refractivity contribution in [3.8, 4) is 0 Å². The van der Waals surface area contributed by atoms with Gasteiger partial charge in [-0.3, -0.25) is 4.79 Å². The molecule has 1 heterocycles. The van der Waals surface area contributed by atoms with E-state index in [-0.39, 0.29) is 17.6 Å². The van der Waals surface area contributed by atoms with Crippen molar-refractivity contribution in [3.05, 3.63) is 35.6 Å². The fraction of sp³-hybridized carbons (Fsp3) is 0.529. The van der Waals surface area contributed by atoms with Crippen LogP contribution in [0.15, 0.2) is 24.3 Å². The molecule has 2 rings (SSSR count). The maximum atomic E-state index is 13.0. The highest BCUT2D eigenvalue weighted by atomic mass is 19.1. The molecule has 22 heavy (non-hydrogen) atoms. The van der Waals surface area contributed by atoms with Gasteiger partial charge in [-0.25, -0.2) is 9.18 Å². The van der Waals surface area contributed by atoms with Crippen LogP contribution in [0.1, 0.15) is 39.2 Å². The smallest absolute Gasteiger partial charge is 0.410 e. The first-order valence-electron chi connectivity index (χ1n) is 7.50. The van der Waals surface area contributed by atoms with Crippen LogP contribution in [0.2, 0.25) is 0 Å². The van der Waals surface area contributed by atoms with Gasteiger partial charge in [-0.15, -0.1) is 0 Å². The Kier molecular flexibility index (Phi) is 4.84. The van der Waals surface area contributed by atoms with E-state index in [0.29, 0.717) is 25.8 Å². The van der Waals surface area contributed by atoms with Gasteiger partial charge >= 0.3 is 6.09 Å². The van der Waals surface area contributed by atoms with Crippen molar-refractivity contribution in [3.63, 3.8) is 0 Å². The molecule has 0 radical (unpaired) electrons. The molecule has 0 saturated carbocycles. The van der Waals surface area contributed by atoms with Crippen LogP contribution in [0.5, 0.6) is 0 Å². The fourth-order valence-corrected chi connectivity index (χ4v) is 2.54. The van der Waals surface area contributed by atoms with Crippen molar-refractivity contribution in [2.75, 3.05) is 6.54 Å². The summed E-state index contributed by atoms with van der Waals surface area (Å²) in [6.45, 7) is 5.82. The number of piperidine rings is 1. The van der Waals surface area contributed by atoms with Gasteiger partial charge in [0.05, 0.1) is 0 Å². The number of ether oxygens (including phenoxy) is 1. The predicted molar refractivity (Wildman–Crippen MR) is 81.1 cm³/mol. The molecule has 1 unspecified atom stereocenters. The van der Waals surface area contributed by atoms with Gasteiger partial charge in [-0.05, 0) is 44.9 Å². The number of rotatable bonds is 2. The van der Waals surface area contributed by atoms with Crippen LogP contribution < -0.4 is 0 Å². The van der Waals surface area contributed by atoms with Gasteiger partial charge in [0, 0.05) is 25.4 Å². The molecular formula is C17H22FNO3. The Morgan fingerprint density at radius 2 is 1.95 bits per heavy atom. The first-order chi connectivity index (χ1) is 10.2. The molecule has 1 aromatic rings. The van der Waals surface area contributed by atoms with Crippen molar-refractivity contribution in [2.45, 2.75) is 51.7 Å². The maximum absolute atomic E-state index is 13.0. The third kappa shape index (κ3) is 4.55. The van der Waals surface area contributed by atoms with Crippen molar-refractivity contribution < 1.29 is 18.7 Å². The summed E-state index contributed by atoms with van der Waals surface area (Å²) in [7, 11) is 0. The molecule has 4 nitrogen and oxygen atoms in total. The first-order valence-corrected chi connectivity index (χ1v) is 7.50.